The highest BCUT2D eigenvalue weighted by atomic mass is 32.1. The summed E-state index contributed by atoms with van der Waals surface area (Å²) >= 11 is 4.50. The van der Waals surface area contributed by atoms with Gasteiger partial charge in [-0.2, -0.15) is 0 Å². The smallest absolute Gasteiger partial charge is 0.249 e. The van der Waals surface area contributed by atoms with Gasteiger partial charge in [0.15, 0.2) is 0 Å². The maximum absolute atomic E-state index is 13.8. The van der Waals surface area contributed by atoms with E-state index >= 15 is 0 Å². The van der Waals surface area contributed by atoms with Crippen LogP contribution in [0.5, 0.6) is 0 Å². The number of primary amides is 1. The fourth-order valence-corrected chi connectivity index (χ4v) is 4.23. The van der Waals surface area contributed by atoms with Crippen molar-refractivity contribution < 1.29 is 14.7 Å². The van der Waals surface area contributed by atoms with Gasteiger partial charge in [-0.1, -0.05) is 31.2 Å². The van der Waals surface area contributed by atoms with Gasteiger partial charge in [0.05, 0.1) is 0 Å². The molecular weight excluding hydrogens is 460 g/mol. The molecule has 0 aliphatic rings. The third-order valence-corrected chi connectivity index (χ3v) is 6.35. The number of hydrogen-bond donors (Lipinski definition) is 5. The molecule has 3 rings (SSSR count). The van der Waals surface area contributed by atoms with Gasteiger partial charge in [0.2, 0.25) is 11.8 Å². The highest BCUT2D eigenvalue weighted by molar-refractivity contribution is 7.80. The number of carbonyl (C=O) groups is 2. The minimum absolute atomic E-state index is 0.0574. The maximum Gasteiger partial charge on any atom is 0.249 e. The lowest BCUT2D eigenvalue weighted by Crippen LogP contribution is -2.35. The van der Waals surface area contributed by atoms with Crippen molar-refractivity contribution in [2.45, 2.75) is 37.2 Å². The number of aryl methyl sites for hydroxylation is 1. The third kappa shape index (κ3) is 6.55. The molecular formula is C27H32N4O3S. The molecule has 1 unspecified atom stereocenters. The minimum Gasteiger partial charge on any atom is -0.399 e. The lowest BCUT2D eigenvalue weighted by Gasteiger charge is -2.27. The zero-order valence-electron chi connectivity index (χ0n) is 20.0. The molecule has 7 nitrogen and oxygen atoms in total. The summed E-state index contributed by atoms with van der Waals surface area (Å²) in [5, 5.41) is 12.7. The van der Waals surface area contributed by atoms with Crippen LogP contribution in [-0.2, 0) is 24.2 Å². The number of thiol groups is 1. The number of nitrogens with zero attached hydrogens (tertiary/aromatic N) is 1. The van der Waals surface area contributed by atoms with Gasteiger partial charge in [0.25, 0.3) is 0 Å². The Morgan fingerprint density at radius 1 is 1.06 bits per heavy atom. The van der Waals surface area contributed by atoms with E-state index in [9.17, 15) is 14.7 Å². The summed E-state index contributed by atoms with van der Waals surface area (Å²) in [4.78, 5) is 27.8. The molecule has 0 aliphatic carbocycles. The first-order chi connectivity index (χ1) is 16.7. The van der Waals surface area contributed by atoms with Crippen molar-refractivity contribution in [2.24, 2.45) is 5.73 Å². The predicted molar refractivity (Wildman–Crippen MR) is 143 cm³/mol. The van der Waals surface area contributed by atoms with Crippen molar-refractivity contribution in [3.8, 4) is 0 Å². The normalized spacial score (nSPS) is 11.7. The molecule has 35 heavy (non-hydrogen) atoms. The summed E-state index contributed by atoms with van der Waals surface area (Å²) in [6.45, 7) is 2.42. The third-order valence-electron chi connectivity index (χ3n) is 5.92. The van der Waals surface area contributed by atoms with Gasteiger partial charge in [-0.25, -0.2) is 0 Å². The van der Waals surface area contributed by atoms with Gasteiger partial charge in [0, 0.05) is 42.0 Å². The van der Waals surface area contributed by atoms with Crippen LogP contribution < -0.4 is 16.8 Å². The molecule has 184 valence electrons. The largest absolute Gasteiger partial charge is 0.399 e. The molecule has 0 saturated heterocycles. The number of nitrogens with two attached hydrogens (primary N) is 2. The Balaban J connectivity index is 1.98. The van der Waals surface area contributed by atoms with Crippen molar-refractivity contribution in [1.82, 2.24) is 4.90 Å². The van der Waals surface area contributed by atoms with Crippen molar-refractivity contribution in [1.29, 1.82) is 0 Å². The lowest BCUT2D eigenvalue weighted by molar-refractivity contribution is -0.131. The fraction of sp³-hybridized carbons (Fsp3) is 0.259. The Labute approximate surface area is 211 Å². The van der Waals surface area contributed by atoms with Crippen molar-refractivity contribution in [3.63, 3.8) is 0 Å². The standard InChI is InChI=1S/C27H32N4O3S/c1-3-17-13-19(8-7-18(17)11-12-32)25(30-23-6-4-5-20(15-23)26(29)33)27(34)31(2)16-21-14-22(28)9-10-24(21)35/h4-10,13-15,25,30,32,35H,3,11-12,16,28H2,1-2H3,(H2,29,33). The van der Waals surface area contributed by atoms with E-state index in [0.29, 0.717) is 29.9 Å². The number of benzene rings is 3. The van der Waals surface area contributed by atoms with E-state index in [2.05, 4.69) is 17.9 Å². The Morgan fingerprint density at radius 3 is 2.51 bits per heavy atom. The van der Waals surface area contributed by atoms with E-state index in [4.69, 9.17) is 11.5 Å². The number of aliphatic hydroxyl groups is 1. The molecule has 3 aromatic carbocycles. The Bertz CT molecular complexity index is 1210. The van der Waals surface area contributed by atoms with Gasteiger partial charge in [0.1, 0.15) is 6.04 Å². The van der Waals surface area contributed by atoms with Crippen molar-refractivity contribution in [2.75, 3.05) is 24.7 Å². The van der Waals surface area contributed by atoms with E-state index in [1.54, 1.807) is 42.3 Å². The second-order valence-electron chi connectivity index (χ2n) is 8.46. The molecule has 1 atom stereocenters. The maximum atomic E-state index is 13.8. The number of aliphatic hydroxyl groups excluding tert-OH is 1. The topological polar surface area (TPSA) is 122 Å². The first-order valence-corrected chi connectivity index (χ1v) is 11.9. The summed E-state index contributed by atoms with van der Waals surface area (Å²) in [6, 6.07) is 17.3. The molecule has 8 heteroatoms. The van der Waals surface area contributed by atoms with Crippen LogP contribution in [0.1, 0.15) is 45.6 Å². The van der Waals surface area contributed by atoms with Crippen LogP contribution >= 0.6 is 12.6 Å². The Kier molecular flexibility index (Phi) is 8.78. The second-order valence-corrected chi connectivity index (χ2v) is 8.94. The van der Waals surface area contributed by atoms with Crippen molar-refractivity contribution in [3.05, 3.63) is 88.5 Å². The summed E-state index contributed by atoms with van der Waals surface area (Å²) < 4.78 is 0. The quantitative estimate of drug-likeness (QED) is 0.219. The molecule has 0 spiro atoms. The Morgan fingerprint density at radius 2 is 1.83 bits per heavy atom. The number of hydrogen-bond acceptors (Lipinski definition) is 6. The van der Waals surface area contributed by atoms with Crippen LogP contribution in [0.15, 0.2) is 65.6 Å². The van der Waals surface area contributed by atoms with E-state index < -0.39 is 11.9 Å². The summed E-state index contributed by atoms with van der Waals surface area (Å²) in [7, 11) is 1.73. The highest BCUT2D eigenvalue weighted by Crippen LogP contribution is 2.27. The van der Waals surface area contributed by atoms with E-state index in [1.165, 1.54) is 0 Å². The van der Waals surface area contributed by atoms with Gasteiger partial charge in [-0.15, -0.1) is 12.6 Å². The molecule has 0 aliphatic heterocycles. The number of anilines is 2. The SMILES string of the molecule is CCc1cc(C(Nc2cccc(C(N)=O)c2)C(=O)N(C)Cc2cc(N)ccc2S)ccc1CCO. The summed E-state index contributed by atoms with van der Waals surface area (Å²) in [6.07, 6.45) is 1.32. The van der Waals surface area contributed by atoms with Gasteiger partial charge >= 0.3 is 0 Å². The molecule has 0 heterocycles. The van der Waals surface area contributed by atoms with Crippen LogP contribution in [0.25, 0.3) is 0 Å². The van der Waals surface area contributed by atoms with Gasteiger partial charge in [-0.05, 0) is 71.5 Å². The number of amides is 2. The molecule has 3 aromatic rings. The van der Waals surface area contributed by atoms with Crippen LogP contribution in [0.2, 0.25) is 0 Å². The first kappa shape index (κ1) is 26.1. The average molecular weight is 493 g/mol. The van der Waals surface area contributed by atoms with E-state index in [1.807, 2.05) is 37.3 Å². The van der Waals surface area contributed by atoms with E-state index in [0.717, 1.165) is 33.6 Å². The number of nitrogen functional groups attached to an aromatic ring is 1. The minimum atomic E-state index is -0.721. The van der Waals surface area contributed by atoms with E-state index in [-0.39, 0.29) is 12.5 Å². The molecule has 0 radical (unpaired) electrons. The average Bonchev–Trinajstić information content (AvgIpc) is 2.85. The molecule has 0 aromatic heterocycles. The molecule has 0 saturated carbocycles. The van der Waals surface area contributed by atoms with Gasteiger partial charge in [-0.3, -0.25) is 9.59 Å². The predicted octanol–water partition coefficient (Wildman–Crippen LogP) is 3.57. The Hall–Kier alpha value is -3.49. The number of likely N-dealkylation sites (N-methyl/N-ethyl adjacent to an activating group) is 1. The molecule has 2 amide bonds. The van der Waals surface area contributed by atoms with Crippen LogP contribution in [0.3, 0.4) is 0 Å². The monoisotopic (exact) mass is 492 g/mol. The van der Waals surface area contributed by atoms with Crippen LogP contribution in [0, 0.1) is 0 Å². The van der Waals surface area contributed by atoms with Crippen LogP contribution in [0.4, 0.5) is 11.4 Å². The van der Waals surface area contributed by atoms with Gasteiger partial charge < -0.3 is 26.8 Å². The highest BCUT2D eigenvalue weighted by Gasteiger charge is 2.25. The fourth-order valence-electron chi connectivity index (χ4n) is 4.02. The lowest BCUT2D eigenvalue weighted by atomic mass is 9.95. The van der Waals surface area contributed by atoms with Crippen LogP contribution in [-0.4, -0.2) is 35.5 Å². The van der Waals surface area contributed by atoms with Crippen molar-refractivity contribution >= 4 is 35.8 Å². The number of rotatable bonds is 10. The zero-order chi connectivity index (χ0) is 25.5. The summed E-state index contributed by atoms with van der Waals surface area (Å²) in [5.41, 5.74) is 16.7. The number of carbonyl (C=O) groups excluding carboxylic acids is 2. The molecule has 0 bridgehead atoms. The number of nitrogens with one attached hydrogen (secondary N) is 1. The zero-order valence-corrected chi connectivity index (χ0v) is 20.9. The molecule has 6 N–H and O–H groups in total. The first-order valence-electron chi connectivity index (χ1n) is 11.4. The summed E-state index contributed by atoms with van der Waals surface area (Å²) in [5.74, 6) is -0.708. The molecule has 0 fully saturated rings. The second kappa shape index (κ2) is 11.8.